The number of nitrogens with two attached hydrogens (primary N) is 1. The van der Waals surface area contributed by atoms with Gasteiger partial charge in [-0.1, -0.05) is 19.3 Å². The average Bonchev–Trinajstić information content (AvgIpc) is 2.41. The van der Waals surface area contributed by atoms with E-state index >= 15 is 0 Å². The zero-order valence-electron chi connectivity index (χ0n) is 12.7. The molecule has 2 N–H and O–H groups in total. The lowest BCUT2D eigenvalue weighted by Crippen LogP contribution is -2.38. The number of benzene rings is 1. The highest BCUT2D eigenvalue weighted by Gasteiger charge is 2.34. The molecule has 0 aromatic heterocycles. The van der Waals surface area contributed by atoms with Crippen molar-refractivity contribution in [2.24, 2.45) is 5.73 Å². The van der Waals surface area contributed by atoms with Crippen molar-refractivity contribution >= 4 is 9.84 Å². The number of hydrogen-bond donors (Lipinski definition) is 1. The molecule has 4 heteroatoms. The monoisotopic (exact) mass is 295 g/mol. The van der Waals surface area contributed by atoms with Crippen LogP contribution in [0.15, 0.2) is 17.0 Å². The third-order valence-electron chi connectivity index (χ3n) is 4.84. The maximum atomic E-state index is 11.9. The maximum absolute atomic E-state index is 11.9. The molecule has 20 heavy (non-hydrogen) atoms. The lowest BCUT2D eigenvalue weighted by molar-refractivity contribution is 0.299. The van der Waals surface area contributed by atoms with Crippen molar-refractivity contribution in [3.8, 4) is 0 Å². The van der Waals surface area contributed by atoms with E-state index in [9.17, 15) is 8.42 Å². The molecule has 2 rings (SSSR count). The summed E-state index contributed by atoms with van der Waals surface area (Å²) in [6.45, 7) is 4.67. The third-order valence-corrected chi connectivity index (χ3v) is 5.93. The summed E-state index contributed by atoms with van der Waals surface area (Å²) in [6, 6.07) is 3.65. The molecule has 0 amide bonds. The van der Waals surface area contributed by atoms with Gasteiger partial charge in [0.25, 0.3) is 0 Å². The Balaban J connectivity index is 2.63. The molecule has 1 aliphatic carbocycles. The molecule has 112 valence electrons. The van der Waals surface area contributed by atoms with Crippen LogP contribution < -0.4 is 5.73 Å². The van der Waals surface area contributed by atoms with Gasteiger partial charge in [-0.3, -0.25) is 0 Å². The van der Waals surface area contributed by atoms with Crippen molar-refractivity contribution < 1.29 is 8.42 Å². The molecule has 1 saturated carbocycles. The van der Waals surface area contributed by atoms with Gasteiger partial charge in [-0.25, -0.2) is 8.42 Å². The van der Waals surface area contributed by atoms with Crippen molar-refractivity contribution in [2.75, 3.05) is 12.8 Å². The van der Waals surface area contributed by atoms with Gasteiger partial charge in [0.15, 0.2) is 9.84 Å². The standard InChI is InChI=1S/C16H25NO2S/c1-12-9-14(20(3,18)19)10-15(13(12)2)16(11-17)7-5-4-6-8-16/h9-10H,4-8,11,17H2,1-3H3. The van der Waals surface area contributed by atoms with Crippen molar-refractivity contribution in [1.82, 2.24) is 0 Å². The summed E-state index contributed by atoms with van der Waals surface area (Å²) in [6.07, 6.45) is 7.02. The predicted molar refractivity (Wildman–Crippen MR) is 82.8 cm³/mol. The largest absolute Gasteiger partial charge is 0.330 e. The van der Waals surface area contributed by atoms with Crippen LogP contribution in [0.2, 0.25) is 0 Å². The molecule has 1 aromatic rings. The highest BCUT2D eigenvalue weighted by molar-refractivity contribution is 7.90. The van der Waals surface area contributed by atoms with E-state index in [0.29, 0.717) is 11.4 Å². The van der Waals surface area contributed by atoms with E-state index in [0.717, 1.165) is 24.0 Å². The molecule has 0 atom stereocenters. The van der Waals surface area contributed by atoms with Crippen LogP contribution in [0.4, 0.5) is 0 Å². The summed E-state index contributed by atoms with van der Waals surface area (Å²) >= 11 is 0. The van der Waals surface area contributed by atoms with Gasteiger partial charge < -0.3 is 5.73 Å². The van der Waals surface area contributed by atoms with Gasteiger partial charge in [-0.15, -0.1) is 0 Å². The Kier molecular flexibility index (Phi) is 4.26. The molecule has 1 aliphatic rings. The zero-order valence-corrected chi connectivity index (χ0v) is 13.5. The Morgan fingerprint density at radius 3 is 2.25 bits per heavy atom. The molecular weight excluding hydrogens is 270 g/mol. The second-order valence-electron chi connectivity index (χ2n) is 6.23. The topological polar surface area (TPSA) is 60.2 Å². The van der Waals surface area contributed by atoms with Crippen molar-refractivity contribution in [1.29, 1.82) is 0 Å². The predicted octanol–water partition coefficient (Wildman–Crippen LogP) is 2.87. The first-order chi connectivity index (χ1) is 9.30. The van der Waals surface area contributed by atoms with E-state index < -0.39 is 9.84 Å². The SMILES string of the molecule is Cc1cc(S(C)(=O)=O)cc(C2(CN)CCCCC2)c1C. The first kappa shape index (κ1) is 15.5. The first-order valence-corrected chi connectivity index (χ1v) is 9.21. The summed E-state index contributed by atoms with van der Waals surface area (Å²) in [5, 5.41) is 0. The van der Waals surface area contributed by atoms with Crippen LogP contribution in [-0.2, 0) is 15.3 Å². The third kappa shape index (κ3) is 2.77. The molecule has 0 heterocycles. The minimum absolute atomic E-state index is 0.0339. The summed E-state index contributed by atoms with van der Waals surface area (Å²) in [5.41, 5.74) is 9.46. The van der Waals surface area contributed by atoms with Crippen molar-refractivity contribution in [3.05, 3.63) is 28.8 Å². The second-order valence-corrected chi connectivity index (χ2v) is 8.25. The van der Waals surface area contributed by atoms with E-state index in [-0.39, 0.29) is 5.41 Å². The highest BCUT2D eigenvalue weighted by atomic mass is 32.2. The number of sulfone groups is 1. The van der Waals surface area contributed by atoms with Gasteiger partial charge in [-0.05, 0) is 55.5 Å². The molecular formula is C16H25NO2S. The highest BCUT2D eigenvalue weighted by Crippen LogP contribution is 2.41. The van der Waals surface area contributed by atoms with Crippen LogP contribution in [-0.4, -0.2) is 21.2 Å². The molecule has 3 nitrogen and oxygen atoms in total. The van der Waals surface area contributed by atoms with Crippen molar-refractivity contribution in [3.63, 3.8) is 0 Å². The lowest BCUT2D eigenvalue weighted by atomic mass is 9.68. The van der Waals surface area contributed by atoms with E-state index in [1.807, 2.05) is 13.0 Å². The minimum Gasteiger partial charge on any atom is -0.330 e. The Morgan fingerprint density at radius 2 is 1.75 bits per heavy atom. The fraction of sp³-hybridized carbons (Fsp3) is 0.625. The first-order valence-electron chi connectivity index (χ1n) is 7.32. The van der Waals surface area contributed by atoms with E-state index in [4.69, 9.17) is 5.73 Å². The number of rotatable bonds is 3. The van der Waals surface area contributed by atoms with Crippen LogP contribution in [0, 0.1) is 13.8 Å². The Labute approximate surface area is 122 Å². The van der Waals surface area contributed by atoms with Crippen molar-refractivity contribution in [2.45, 2.75) is 56.3 Å². The second kappa shape index (κ2) is 5.49. The van der Waals surface area contributed by atoms with Gasteiger partial charge >= 0.3 is 0 Å². The molecule has 1 fully saturated rings. The van der Waals surface area contributed by atoms with Crippen LogP contribution in [0.1, 0.15) is 48.8 Å². The molecule has 1 aromatic carbocycles. The van der Waals surface area contributed by atoms with E-state index in [1.54, 1.807) is 6.07 Å². The Morgan fingerprint density at radius 1 is 1.15 bits per heavy atom. The Hall–Kier alpha value is -0.870. The van der Waals surface area contributed by atoms with E-state index in [1.165, 1.54) is 31.1 Å². The normalized spacial score (nSPS) is 19.0. The fourth-order valence-corrected chi connectivity index (χ4v) is 4.13. The Bertz CT molecular complexity index is 599. The molecule has 0 unspecified atom stereocenters. The zero-order chi connectivity index (χ0) is 15.0. The molecule has 0 saturated heterocycles. The van der Waals surface area contributed by atoms with Gasteiger partial charge in [0, 0.05) is 18.2 Å². The van der Waals surface area contributed by atoms with E-state index in [2.05, 4.69) is 6.92 Å². The quantitative estimate of drug-likeness (QED) is 0.932. The van der Waals surface area contributed by atoms with Gasteiger partial charge in [-0.2, -0.15) is 0 Å². The molecule has 0 spiro atoms. The van der Waals surface area contributed by atoms with Gasteiger partial charge in [0.2, 0.25) is 0 Å². The average molecular weight is 295 g/mol. The van der Waals surface area contributed by atoms with Crippen LogP contribution in [0.25, 0.3) is 0 Å². The molecule has 0 radical (unpaired) electrons. The summed E-state index contributed by atoms with van der Waals surface area (Å²) in [4.78, 5) is 0.425. The summed E-state index contributed by atoms with van der Waals surface area (Å²) in [7, 11) is -3.18. The van der Waals surface area contributed by atoms with Crippen LogP contribution >= 0.6 is 0 Å². The van der Waals surface area contributed by atoms with Gasteiger partial charge in [0.05, 0.1) is 4.90 Å². The summed E-state index contributed by atoms with van der Waals surface area (Å²) in [5.74, 6) is 0. The molecule has 0 bridgehead atoms. The minimum atomic E-state index is -3.18. The van der Waals surface area contributed by atoms with Crippen LogP contribution in [0.3, 0.4) is 0 Å². The fourth-order valence-electron chi connectivity index (χ4n) is 3.40. The smallest absolute Gasteiger partial charge is 0.175 e. The summed E-state index contributed by atoms with van der Waals surface area (Å²) < 4.78 is 23.8. The lowest BCUT2D eigenvalue weighted by Gasteiger charge is -2.38. The number of aryl methyl sites for hydroxylation is 1. The maximum Gasteiger partial charge on any atom is 0.175 e. The molecule has 0 aliphatic heterocycles. The van der Waals surface area contributed by atoms with Crippen LogP contribution in [0.5, 0.6) is 0 Å². The number of hydrogen-bond acceptors (Lipinski definition) is 3. The van der Waals surface area contributed by atoms with Gasteiger partial charge in [0.1, 0.15) is 0 Å².